The first kappa shape index (κ1) is 17.4. The summed E-state index contributed by atoms with van der Waals surface area (Å²) in [6.07, 6.45) is 13.0. The Morgan fingerprint density at radius 2 is 1.28 bits per heavy atom. The van der Waals surface area contributed by atoms with Crippen LogP contribution in [0, 0.1) is 11.8 Å². The van der Waals surface area contributed by atoms with E-state index in [1.165, 1.54) is 88.4 Å². The Morgan fingerprint density at radius 1 is 0.778 bits per heavy atom. The number of rotatable bonds is 9. The predicted molar refractivity (Wildman–Crippen MR) is 77.6 cm³/mol. The Labute approximate surface area is 115 Å². The van der Waals surface area contributed by atoms with Crippen molar-refractivity contribution in [3.8, 4) is 0 Å². The van der Waals surface area contributed by atoms with E-state index >= 15 is 0 Å². The molecule has 0 spiro atoms. The van der Waals surface area contributed by atoms with Gasteiger partial charge >= 0.3 is 0 Å². The van der Waals surface area contributed by atoms with Crippen molar-refractivity contribution in [3.05, 3.63) is 6.57 Å². The molecule has 2 nitrogen and oxygen atoms in total. The summed E-state index contributed by atoms with van der Waals surface area (Å²) in [6, 6.07) is 0. The predicted octanol–water partition coefficient (Wildman–Crippen LogP) is 4.46. The van der Waals surface area contributed by atoms with Gasteiger partial charge in [-0.2, -0.15) is 0 Å². The molecule has 1 fully saturated rings. The number of likely N-dealkylation sites (tertiary alicyclic amines) is 1. The molecule has 0 atom stereocenters. The molecule has 1 heterocycles. The van der Waals surface area contributed by atoms with Gasteiger partial charge in [-0.3, -0.25) is 0 Å². The van der Waals surface area contributed by atoms with Gasteiger partial charge in [0.2, 0.25) is 0 Å². The standard InChI is InChI=1S/C15H32N.CN/c1-3-5-7-8-9-13-16(12-6-4-2)14-10-11-15-16;1-2/h3-15H2,1-2H3;/q+1;-1. The van der Waals surface area contributed by atoms with Gasteiger partial charge in [-0.25, -0.2) is 0 Å². The van der Waals surface area contributed by atoms with Crippen molar-refractivity contribution >= 4 is 0 Å². The highest BCUT2D eigenvalue weighted by atomic mass is 15.4. The normalized spacial score (nSPS) is 17.1. The molecule has 1 saturated heterocycles. The van der Waals surface area contributed by atoms with Gasteiger partial charge in [-0.05, 0) is 19.3 Å². The lowest BCUT2D eigenvalue weighted by Crippen LogP contribution is -2.46. The van der Waals surface area contributed by atoms with E-state index < -0.39 is 0 Å². The molecule has 0 aliphatic carbocycles. The Bertz CT molecular complexity index is 193. The first-order valence-electron chi connectivity index (χ1n) is 7.90. The molecule has 1 rings (SSSR count). The molecule has 18 heavy (non-hydrogen) atoms. The fraction of sp³-hybridized carbons (Fsp3) is 0.938. The smallest absolute Gasteiger partial charge is 0.0788 e. The van der Waals surface area contributed by atoms with Crippen molar-refractivity contribution in [2.75, 3.05) is 26.2 Å². The van der Waals surface area contributed by atoms with Gasteiger partial charge in [-0.1, -0.05) is 39.5 Å². The van der Waals surface area contributed by atoms with Gasteiger partial charge in [0, 0.05) is 12.8 Å². The quantitative estimate of drug-likeness (QED) is 0.337. The maximum atomic E-state index is 6.25. The molecule has 0 aromatic rings. The zero-order valence-corrected chi connectivity index (χ0v) is 12.6. The molecule has 1 aliphatic rings. The molecule has 2 heteroatoms. The summed E-state index contributed by atoms with van der Waals surface area (Å²) in [4.78, 5) is 0. The first-order chi connectivity index (χ1) is 8.83. The van der Waals surface area contributed by atoms with Crippen molar-refractivity contribution in [3.63, 3.8) is 0 Å². The zero-order chi connectivity index (χ0) is 13.7. The minimum Gasteiger partial charge on any atom is -0.512 e. The molecule has 0 bridgehead atoms. The molecule has 0 unspecified atom stereocenters. The molecule has 0 aromatic carbocycles. The lowest BCUT2D eigenvalue weighted by Gasteiger charge is -2.34. The lowest BCUT2D eigenvalue weighted by atomic mass is 10.1. The number of hydrogen-bond acceptors (Lipinski definition) is 1. The molecular weight excluding hydrogens is 220 g/mol. The van der Waals surface area contributed by atoms with Crippen LogP contribution in [0.4, 0.5) is 0 Å². The Hall–Kier alpha value is -0.550. The molecule has 1 aliphatic heterocycles. The van der Waals surface area contributed by atoms with E-state index in [2.05, 4.69) is 13.8 Å². The van der Waals surface area contributed by atoms with Crippen LogP contribution in [0.15, 0.2) is 0 Å². The van der Waals surface area contributed by atoms with Crippen LogP contribution in [-0.2, 0) is 0 Å². The molecule has 0 aromatic heterocycles. The Balaban J connectivity index is 0.00000137. The minimum absolute atomic E-state index is 1.37. The summed E-state index contributed by atoms with van der Waals surface area (Å²) in [6.45, 7) is 15.3. The SMILES string of the molecule is CCCCCCC[N+]1(CCCC)CCCC1.[C-]#N. The summed E-state index contributed by atoms with van der Waals surface area (Å²) < 4.78 is 1.47. The third-order valence-electron chi connectivity index (χ3n) is 4.24. The second kappa shape index (κ2) is 11.5. The van der Waals surface area contributed by atoms with Gasteiger partial charge in [0.15, 0.2) is 0 Å². The average Bonchev–Trinajstić information content (AvgIpc) is 2.88. The summed E-state index contributed by atoms with van der Waals surface area (Å²) in [7, 11) is 0. The van der Waals surface area contributed by atoms with Crippen molar-refractivity contribution in [2.24, 2.45) is 0 Å². The molecule has 0 amide bonds. The third-order valence-corrected chi connectivity index (χ3v) is 4.24. The number of quaternary nitrogens is 1. The summed E-state index contributed by atoms with van der Waals surface area (Å²) >= 11 is 0. The van der Waals surface area contributed by atoms with E-state index in [1.54, 1.807) is 0 Å². The van der Waals surface area contributed by atoms with Crippen LogP contribution in [0.5, 0.6) is 0 Å². The number of hydrogen-bond donors (Lipinski definition) is 0. The van der Waals surface area contributed by atoms with Crippen LogP contribution in [-0.4, -0.2) is 30.7 Å². The zero-order valence-electron chi connectivity index (χ0n) is 12.6. The summed E-state index contributed by atoms with van der Waals surface area (Å²) in [5.74, 6) is 0. The molecule has 106 valence electrons. The third kappa shape index (κ3) is 7.01. The van der Waals surface area contributed by atoms with E-state index in [1.807, 2.05) is 0 Å². The van der Waals surface area contributed by atoms with Crippen LogP contribution in [0.2, 0.25) is 0 Å². The maximum absolute atomic E-state index is 6.25. The molecule has 0 saturated carbocycles. The molecular formula is C16H32N2. The fourth-order valence-corrected chi connectivity index (χ4v) is 3.11. The second-order valence-corrected chi connectivity index (χ2v) is 5.71. The van der Waals surface area contributed by atoms with Crippen molar-refractivity contribution in [1.82, 2.24) is 0 Å². The fourth-order valence-electron chi connectivity index (χ4n) is 3.11. The number of nitrogens with zero attached hydrogens (tertiary/aromatic N) is 2. The van der Waals surface area contributed by atoms with E-state index in [0.29, 0.717) is 0 Å². The van der Waals surface area contributed by atoms with Crippen LogP contribution >= 0.6 is 0 Å². The van der Waals surface area contributed by atoms with Crippen molar-refractivity contribution in [1.29, 1.82) is 5.26 Å². The van der Waals surface area contributed by atoms with Crippen LogP contribution in [0.3, 0.4) is 0 Å². The Kier molecular flexibility index (Phi) is 11.2. The van der Waals surface area contributed by atoms with E-state index in [0.717, 1.165) is 0 Å². The topological polar surface area (TPSA) is 23.8 Å². The minimum atomic E-state index is 1.37. The number of unbranched alkanes of at least 4 members (excludes halogenated alkanes) is 5. The van der Waals surface area contributed by atoms with Crippen LogP contribution in [0.1, 0.15) is 71.6 Å². The van der Waals surface area contributed by atoms with Gasteiger partial charge in [-0.15, -0.1) is 0 Å². The van der Waals surface area contributed by atoms with Crippen LogP contribution < -0.4 is 0 Å². The Morgan fingerprint density at radius 3 is 1.83 bits per heavy atom. The second-order valence-electron chi connectivity index (χ2n) is 5.71. The maximum Gasteiger partial charge on any atom is 0.0788 e. The lowest BCUT2D eigenvalue weighted by molar-refractivity contribution is -0.917. The van der Waals surface area contributed by atoms with Crippen molar-refractivity contribution < 1.29 is 4.48 Å². The van der Waals surface area contributed by atoms with Gasteiger partial charge in [0.05, 0.1) is 26.2 Å². The van der Waals surface area contributed by atoms with Gasteiger partial charge < -0.3 is 16.3 Å². The van der Waals surface area contributed by atoms with Gasteiger partial charge in [0.1, 0.15) is 0 Å². The summed E-state index contributed by atoms with van der Waals surface area (Å²) in [5.41, 5.74) is 0. The van der Waals surface area contributed by atoms with Crippen LogP contribution in [0.25, 0.3) is 0 Å². The highest BCUT2D eigenvalue weighted by molar-refractivity contribution is 4.56. The van der Waals surface area contributed by atoms with E-state index in [4.69, 9.17) is 11.8 Å². The largest absolute Gasteiger partial charge is 0.512 e. The molecule has 0 N–H and O–H groups in total. The van der Waals surface area contributed by atoms with E-state index in [-0.39, 0.29) is 0 Å². The highest BCUT2D eigenvalue weighted by Gasteiger charge is 2.30. The van der Waals surface area contributed by atoms with Gasteiger partial charge in [0.25, 0.3) is 0 Å². The first-order valence-corrected chi connectivity index (χ1v) is 7.90. The highest BCUT2D eigenvalue weighted by Crippen LogP contribution is 2.22. The van der Waals surface area contributed by atoms with Crippen molar-refractivity contribution in [2.45, 2.75) is 71.6 Å². The monoisotopic (exact) mass is 252 g/mol. The molecule has 0 radical (unpaired) electrons. The van der Waals surface area contributed by atoms with E-state index in [9.17, 15) is 0 Å². The summed E-state index contributed by atoms with van der Waals surface area (Å²) in [5, 5.41) is 6.25. The average molecular weight is 252 g/mol.